The van der Waals surface area contributed by atoms with E-state index in [1.807, 2.05) is 12.3 Å². The second kappa shape index (κ2) is 9.37. The van der Waals surface area contributed by atoms with Gasteiger partial charge in [-0.1, -0.05) is 103 Å². The number of fused-ring (bicyclic) bond motifs is 8. The molecule has 0 saturated heterocycles. The Morgan fingerprint density at radius 3 is 2.07 bits per heavy atom. The molecule has 0 atom stereocenters. The Hall–Kier alpha value is -5.80. The van der Waals surface area contributed by atoms with Gasteiger partial charge in [-0.15, -0.1) is 0 Å². The van der Waals surface area contributed by atoms with Gasteiger partial charge in [0.15, 0.2) is 0 Å². The Morgan fingerprint density at radius 1 is 0.465 bits per heavy atom. The van der Waals surface area contributed by atoms with Crippen molar-refractivity contribution < 1.29 is 0 Å². The molecule has 0 aliphatic rings. The number of benzene rings is 6. The van der Waals surface area contributed by atoms with Gasteiger partial charge >= 0.3 is 0 Å². The minimum Gasteiger partial charge on any atom is -0.309 e. The van der Waals surface area contributed by atoms with Crippen molar-refractivity contribution >= 4 is 54.4 Å². The molecule has 3 heteroatoms. The third-order valence-corrected chi connectivity index (χ3v) is 8.61. The first-order valence-electron chi connectivity index (χ1n) is 14.6. The first-order chi connectivity index (χ1) is 21.3. The highest BCUT2D eigenvalue weighted by molar-refractivity contribution is 6.26. The van der Waals surface area contributed by atoms with Crippen molar-refractivity contribution in [1.82, 2.24) is 14.5 Å². The van der Waals surface area contributed by atoms with E-state index in [9.17, 15) is 0 Å². The van der Waals surface area contributed by atoms with Crippen molar-refractivity contribution in [3.8, 4) is 28.1 Å². The molecule has 0 unspecified atom stereocenters. The van der Waals surface area contributed by atoms with Crippen LogP contribution in [0.1, 0.15) is 0 Å². The molecule has 3 aromatic heterocycles. The first kappa shape index (κ1) is 23.9. The zero-order valence-corrected chi connectivity index (χ0v) is 23.3. The van der Waals surface area contributed by atoms with Crippen LogP contribution in [-0.2, 0) is 0 Å². The molecule has 0 radical (unpaired) electrons. The lowest BCUT2D eigenvalue weighted by Gasteiger charge is -2.14. The molecule has 0 spiro atoms. The third-order valence-electron chi connectivity index (χ3n) is 8.61. The highest BCUT2D eigenvalue weighted by atomic mass is 15.0. The molecule has 0 aliphatic carbocycles. The molecule has 9 aromatic rings. The van der Waals surface area contributed by atoms with E-state index in [0.717, 1.165) is 44.1 Å². The van der Waals surface area contributed by atoms with E-state index in [-0.39, 0.29) is 0 Å². The largest absolute Gasteiger partial charge is 0.309 e. The molecular formula is C40H25N3. The standard InChI is InChI=1S/C40H25N3/c1-2-10-30(11-3-1)43-37-15-7-5-12-31(37)32-21-22-34-38(40(32)43)33-13-4-6-14-36(33)42-39(34)27-18-16-26(17-19-27)28-20-23-35-29(25-28)9-8-24-41-35/h1-25H. The molecular weight excluding hydrogens is 522 g/mol. The monoisotopic (exact) mass is 547 g/mol. The van der Waals surface area contributed by atoms with Crippen LogP contribution in [0.15, 0.2) is 152 Å². The lowest BCUT2D eigenvalue weighted by atomic mass is 9.96. The van der Waals surface area contributed by atoms with Crippen molar-refractivity contribution in [3.05, 3.63) is 152 Å². The number of pyridine rings is 2. The Bertz CT molecular complexity index is 2490. The average Bonchev–Trinajstić information content (AvgIpc) is 3.43. The topological polar surface area (TPSA) is 30.7 Å². The van der Waals surface area contributed by atoms with Crippen molar-refractivity contribution in [2.45, 2.75) is 0 Å². The minimum absolute atomic E-state index is 0.994. The lowest BCUT2D eigenvalue weighted by molar-refractivity contribution is 1.19. The molecule has 9 rings (SSSR count). The highest BCUT2D eigenvalue weighted by Crippen LogP contribution is 2.42. The summed E-state index contributed by atoms with van der Waals surface area (Å²) in [6.07, 6.45) is 1.84. The number of hydrogen-bond donors (Lipinski definition) is 0. The summed E-state index contributed by atoms with van der Waals surface area (Å²) in [5.74, 6) is 0. The van der Waals surface area contributed by atoms with E-state index in [2.05, 4.69) is 149 Å². The van der Waals surface area contributed by atoms with Crippen LogP contribution in [0.2, 0.25) is 0 Å². The van der Waals surface area contributed by atoms with Gasteiger partial charge in [-0.05, 0) is 53.6 Å². The molecule has 0 fully saturated rings. The maximum absolute atomic E-state index is 5.26. The SMILES string of the molecule is c1ccc(-n2c3ccccc3c3ccc4c(-c5ccc(-c6ccc7ncccc7c6)cc5)nc5ccccc5c4c32)cc1. The molecule has 0 saturated carbocycles. The second-order valence-electron chi connectivity index (χ2n) is 11.0. The van der Waals surface area contributed by atoms with Gasteiger partial charge in [0.05, 0.1) is 27.8 Å². The summed E-state index contributed by atoms with van der Waals surface area (Å²) in [5, 5.41) is 7.17. The summed E-state index contributed by atoms with van der Waals surface area (Å²) in [4.78, 5) is 9.74. The van der Waals surface area contributed by atoms with Gasteiger partial charge in [0.25, 0.3) is 0 Å². The summed E-state index contributed by atoms with van der Waals surface area (Å²) in [5.41, 5.74) is 10.0. The van der Waals surface area contributed by atoms with E-state index in [1.54, 1.807) is 0 Å². The molecule has 0 amide bonds. The predicted molar refractivity (Wildman–Crippen MR) is 180 cm³/mol. The zero-order chi connectivity index (χ0) is 28.3. The summed E-state index contributed by atoms with van der Waals surface area (Å²) in [7, 11) is 0. The number of aromatic nitrogens is 3. The van der Waals surface area contributed by atoms with Crippen LogP contribution in [0, 0.1) is 0 Å². The van der Waals surface area contributed by atoms with Crippen LogP contribution in [-0.4, -0.2) is 14.5 Å². The Labute approximate surface area is 248 Å². The number of rotatable bonds is 3. The molecule has 0 bridgehead atoms. The van der Waals surface area contributed by atoms with Gasteiger partial charge < -0.3 is 4.57 Å². The van der Waals surface area contributed by atoms with Gasteiger partial charge in [0.1, 0.15) is 0 Å². The minimum atomic E-state index is 0.994. The predicted octanol–water partition coefficient (Wildman–Crippen LogP) is 10.4. The Morgan fingerprint density at radius 2 is 1.19 bits per heavy atom. The van der Waals surface area contributed by atoms with Crippen LogP contribution in [0.4, 0.5) is 0 Å². The Kier molecular flexibility index (Phi) is 5.20. The number of nitrogens with zero attached hydrogens (tertiary/aromatic N) is 3. The number of para-hydroxylation sites is 3. The first-order valence-corrected chi connectivity index (χ1v) is 14.6. The van der Waals surface area contributed by atoms with Gasteiger partial charge in [0, 0.05) is 49.8 Å². The average molecular weight is 548 g/mol. The molecule has 3 nitrogen and oxygen atoms in total. The normalized spacial score (nSPS) is 11.7. The third kappa shape index (κ3) is 3.68. The molecule has 200 valence electrons. The quantitative estimate of drug-likeness (QED) is 0.206. The maximum Gasteiger partial charge on any atom is 0.0788 e. The summed E-state index contributed by atoms with van der Waals surface area (Å²) >= 11 is 0. The van der Waals surface area contributed by atoms with Gasteiger partial charge in [-0.3, -0.25) is 4.98 Å². The fourth-order valence-corrected chi connectivity index (χ4v) is 6.63. The van der Waals surface area contributed by atoms with Crippen molar-refractivity contribution in [1.29, 1.82) is 0 Å². The molecule has 0 N–H and O–H groups in total. The smallest absolute Gasteiger partial charge is 0.0788 e. The second-order valence-corrected chi connectivity index (χ2v) is 11.0. The molecule has 0 aliphatic heterocycles. The molecule has 3 heterocycles. The van der Waals surface area contributed by atoms with E-state index >= 15 is 0 Å². The highest BCUT2D eigenvalue weighted by Gasteiger charge is 2.19. The summed E-state index contributed by atoms with van der Waals surface area (Å²) in [6.45, 7) is 0. The summed E-state index contributed by atoms with van der Waals surface area (Å²) < 4.78 is 2.42. The molecule has 6 aromatic carbocycles. The fourth-order valence-electron chi connectivity index (χ4n) is 6.63. The fraction of sp³-hybridized carbons (Fsp3) is 0. The molecule has 43 heavy (non-hydrogen) atoms. The van der Waals surface area contributed by atoms with E-state index in [1.165, 1.54) is 38.3 Å². The van der Waals surface area contributed by atoms with Crippen LogP contribution < -0.4 is 0 Å². The van der Waals surface area contributed by atoms with E-state index in [0.29, 0.717) is 0 Å². The summed E-state index contributed by atoms with van der Waals surface area (Å²) in [6, 6.07) is 51.8. The van der Waals surface area contributed by atoms with E-state index in [4.69, 9.17) is 4.98 Å². The number of hydrogen-bond acceptors (Lipinski definition) is 2. The van der Waals surface area contributed by atoms with Crippen LogP contribution in [0.5, 0.6) is 0 Å². The van der Waals surface area contributed by atoms with Crippen molar-refractivity contribution in [2.75, 3.05) is 0 Å². The van der Waals surface area contributed by atoms with Gasteiger partial charge in [-0.2, -0.15) is 0 Å². The van der Waals surface area contributed by atoms with Crippen molar-refractivity contribution in [3.63, 3.8) is 0 Å². The maximum atomic E-state index is 5.26. The van der Waals surface area contributed by atoms with Gasteiger partial charge in [-0.25, -0.2) is 4.98 Å². The Balaban J connectivity index is 1.32. The zero-order valence-electron chi connectivity index (χ0n) is 23.3. The van der Waals surface area contributed by atoms with Crippen molar-refractivity contribution in [2.24, 2.45) is 0 Å². The lowest BCUT2D eigenvalue weighted by Crippen LogP contribution is -1.96. The van der Waals surface area contributed by atoms with Crippen LogP contribution in [0.25, 0.3) is 82.5 Å². The van der Waals surface area contributed by atoms with Crippen LogP contribution >= 0.6 is 0 Å². The van der Waals surface area contributed by atoms with E-state index < -0.39 is 0 Å². The van der Waals surface area contributed by atoms with Crippen LogP contribution in [0.3, 0.4) is 0 Å². The van der Waals surface area contributed by atoms with Gasteiger partial charge in [0.2, 0.25) is 0 Å².